The fourth-order valence-corrected chi connectivity index (χ4v) is 3.16. The van der Waals surface area contributed by atoms with Crippen LogP contribution < -0.4 is 10.6 Å². The second kappa shape index (κ2) is 11.0. The van der Waals surface area contributed by atoms with Gasteiger partial charge < -0.3 is 20.1 Å². The molecule has 0 spiro atoms. The van der Waals surface area contributed by atoms with E-state index in [-0.39, 0.29) is 0 Å². The Morgan fingerprint density at radius 1 is 1.08 bits per heavy atom. The maximum atomic E-state index is 4.29. The summed E-state index contributed by atoms with van der Waals surface area (Å²) >= 11 is 0. The number of guanidine groups is 1. The molecule has 2 heterocycles. The van der Waals surface area contributed by atoms with E-state index in [2.05, 4.69) is 37.6 Å². The summed E-state index contributed by atoms with van der Waals surface area (Å²) in [6, 6.07) is 0.752. The summed E-state index contributed by atoms with van der Waals surface area (Å²) in [5.74, 6) is 0.908. The standard InChI is InChI=1S/C17H33N7/c1-16-8-3-5-12-24(16)13-7-10-20-17(18-2)19-9-4-6-11-23-14-21-22-15-23/h14-16H,3-13H2,1-2H3,(H2,18,19,20). The highest BCUT2D eigenvalue weighted by Gasteiger charge is 2.16. The highest BCUT2D eigenvalue weighted by molar-refractivity contribution is 5.79. The summed E-state index contributed by atoms with van der Waals surface area (Å²) < 4.78 is 2.01. The van der Waals surface area contributed by atoms with E-state index in [0.717, 1.165) is 44.5 Å². The Bertz CT molecular complexity index is 458. The Morgan fingerprint density at radius 3 is 2.54 bits per heavy atom. The van der Waals surface area contributed by atoms with Crippen LogP contribution in [-0.4, -0.2) is 64.9 Å². The first-order valence-electron chi connectivity index (χ1n) is 9.30. The van der Waals surface area contributed by atoms with Crippen LogP contribution in [0.2, 0.25) is 0 Å². The van der Waals surface area contributed by atoms with Crippen LogP contribution in [-0.2, 0) is 6.54 Å². The molecular formula is C17H33N7. The molecule has 1 aliphatic rings. The van der Waals surface area contributed by atoms with E-state index >= 15 is 0 Å². The third-order valence-corrected chi connectivity index (χ3v) is 4.68. The summed E-state index contributed by atoms with van der Waals surface area (Å²) in [5.41, 5.74) is 0. The average molecular weight is 336 g/mol. The number of nitrogens with zero attached hydrogens (tertiary/aromatic N) is 5. The van der Waals surface area contributed by atoms with Crippen LogP contribution >= 0.6 is 0 Å². The van der Waals surface area contributed by atoms with Crippen molar-refractivity contribution in [2.45, 2.75) is 58.0 Å². The maximum absolute atomic E-state index is 4.29. The second-order valence-corrected chi connectivity index (χ2v) is 6.57. The Morgan fingerprint density at radius 2 is 1.83 bits per heavy atom. The summed E-state index contributed by atoms with van der Waals surface area (Å²) in [4.78, 5) is 6.91. The minimum atomic E-state index is 0.752. The highest BCUT2D eigenvalue weighted by atomic mass is 15.2. The van der Waals surface area contributed by atoms with Gasteiger partial charge in [0.2, 0.25) is 0 Å². The molecular weight excluding hydrogens is 302 g/mol. The number of aryl methyl sites for hydroxylation is 1. The lowest BCUT2D eigenvalue weighted by Gasteiger charge is -2.33. The molecule has 0 radical (unpaired) electrons. The Balaban J connectivity index is 1.49. The lowest BCUT2D eigenvalue weighted by atomic mass is 10.0. The summed E-state index contributed by atoms with van der Waals surface area (Å²) in [7, 11) is 1.83. The van der Waals surface area contributed by atoms with Gasteiger partial charge >= 0.3 is 0 Å². The molecule has 0 saturated carbocycles. The molecule has 1 atom stereocenters. The fourth-order valence-electron chi connectivity index (χ4n) is 3.16. The van der Waals surface area contributed by atoms with Gasteiger partial charge in [-0.3, -0.25) is 4.99 Å². The molecule has 1 unspecified atom stereocenters. The average Bonchev–Trinajstić information content (AvgIpc) is 3.11. The normalized spacial score (nSPS) is 19.4. The van der Waals surface area contributed by atoms with Crippen LogP contribution in [0.3, 0.4) is 0 Å². The van der Waals surface area contributed by atoms with Crippen molar-refractivity contribution in [1.29, 1.82) is 0 Å². The van der Waals surface area contributed by atoms with Crippen LogP contribution in [0.15, 0.2) is 17.6 Å². The number of rotatable bonds is 9. The van der Waals surface area contributed by atoms with Gasteiger partial charge in [0.15, 0.2) is 5.96 Å². The number of piperidine rings is 1. The van der Waals surface area contributed by atoms with Crippen molar-refractivity contribution < 1.29 is 0 Å². The van der Waals surface area contributed by atoms with Gasteiger partial charge in [0.05, 0.1) is 0 Å². The first kappa shape index (κ1) is 18.7. The highest BCUT2D eigenvalue weighted by Crippen LogP contribution is 2.15. The van der Waals surface area contributed by atoms with Crippen molar-refractivity contribution in [3.8, 4) is 0 Å². The smallest absolute Gasteiger partial charge is 0.190 e. The largest absolute Gasteiger partial charge is 0.356 e. The summed E-state index contributed by atoms with van der Waals surface area (Å²) in [5, 5.41) is 14.4. The van der Waals surface area contributed by atoms with Crippen molar-refractivity contribution in [2.75, 3.05) is 33.2 Å². The lowest BCUT2D eigenvalue weighted by Crippen LogP contribution is -2.41. The van der Waals surface area contributed by atoms with E-state index in [1.807, 2.05) is 11.6 Å². The van der Waals surface area contributed by atoms with Gasteiger partial charge in [-0.15, -0.1) is 10.2 Å². The number of nitrogens with one attached hydrogen (secondary N) is 2. The molecule has 1 aliphatic heterocycles. The van der Waals surface area contributed by atoms with Gasteiger partial charge in [-0.05, 0) is 45.6 Å². The van der Waals surface area contributed by atoms with Gasteiger partial charge in [0.25, 0.3) is 0 Å². The van der Waals surface area contributed by atoms with E-state index in [9.17, 15) is 0 Å². The summed E-state index contributed by atoms with van der Waals surface area (Å²) in [6.45, 7) is 7.68. The van der Waals surface area contributed by atoms with Crippen molar-refractivity contribution in [3.05, 3.63) is 12.7 Å². The zero-order valence-corrected chi connectivity index (χ0v) is 15.2. The SMILES string of the molecule is CN=C(NCCCCn1cnnc1)NCCCN1CCCCC1C. The van der Waals surface area contributed by atoms with Crippen molar-refractivity contribution in [2.24, 2.45) is 4.99 Å². The molecule has 7 heteroatoms. The van der Waals surface area contributed by atoms with Crippen molar-refractivity contribution >= 4 is 5.96 Å². The molecule has 2 rings (SSSR count). The van der Waals surface area contributed by atoms with E-state index in [1.54, 1.807) is 12.7 Å². The molecule has 2 N–H and O–H groups in total. The lowest BCUT2D eigenvalue weighted by molar-refractivity contribution is 0.159. The quantitative estimate of drug-likeness (QED) is 0.406. The number of unbranched alkanes of at least 4 members (excludes halogenated alkanes) is 1. The van der Waals surface area contributed by atoms with Crippen LogP contribution in [0.5, 0.6) is 0 Å². The first-order chi connectivity index (χ1) is 11.8. The first-order valence-corrected chi connectivity index (χ1v) is 9.30. The van der Waals surface area contributed by atoms with Crippen LogP contribution in [0.1, 0.15) is 45.4 Å². The zero-order chi connectivity index (χ0) is 17.0. The number of hydrogen-bond donors (Lipinski definition) is 2. The molecule has 24 heavy (non-hydrogen) atoms. The fraction of sp³-hybridized carbons (Fsp3) is 0.824. The van der Waals surface area contributed by atoms with E-state index in [1.165, 1.54) is 38.8 Å². The van der Waals surface area contributed by atoms with Crippen molar-refractivity contribution in [3.63, 3.8) is 0 Å². The number of aromatic nitrogens is 3. The number of aliphatic imine (C=N–C) groups is 1. The minimum Gasteiger partial charge on any atom is -0.356 e. The molecule has 1 aromatic heterocycles. The molecule has 136 valence electrons. The van der Waals surface area contributed by atoms with E-state index < -0.39 is 0 Å². The molecule has 1 fully saturated rings. The molecule has 1 saturated heterocycles. The van der Waals surface area contributed by atoms with Crippen LogP contribution in [0.4, 0.5) is 0 Å². The van der Waals surface area contributed by atoms with Gasteiger partial charge in [0.1, 0.15) is 12.7 Å². The molecule has 7 nitrogen and oxygen atoms in total. The Hall–Kier alpha value is -1.63. The molecule has 0 aliphatic carbocycles. The predicted molar refractivity (Wildman–Crippen MR) is 98.1 cm³/mol. The van der Waals surface area contributed by atoms with Crippen LogP contribution in [0, 0.1) is 0 Å². The van der Waals surface area contributed by atoms with E-state index in [4.69, 9.17) is 0 Å². The predicted octanol–water partition coefficient (Wildman–Crippen LogP) is 1.49. The number of likely N-dealkylation sites (tertiary alicyclic amines) is 1. The molecule has 1 aromatic rings. The van der Waals surface area contributed by atoms with Crippen LogP contribution in [0.25, 0.3) is 0 Å². The molecule has 0 bridgehead atoms. The van der Waals surface area contributed by atoms with Gasteiger partial charge in [-0.25, -0.2) is 0 Å². The van der Waals surface area contributed by atoms with Gasteiger partial charge in [-0.2, -0.15) is 0 Å². The number of hydrogen-bond acceptors (Lipinski definition) is 4. The third-order valence-electron chi connectivity index (χ3n) is 4.68. The third kappa shape index (κ3) is 6.86. The Kier molecular flexibility index (Phi) is 8.59. The van der Waals surface area contributed by atoms with Gasteiger partial charge in [-0.1, -0.05) is 6.42 Å². The summed E-state index contributed by atoms with van der Waals surface area (Å²) in [6.07, 6.45) is 11.0. The Labute approximate surface area is 145 Å². The topological polar surface area (TPSA) is 70.4 Å². The minimum absolute atomic E-state index is 0.752. The maximum Gasteiger partial charge on any atom is 0.190 e. The van der Waals surface area contributed by atoms with Crippen molar-refractivity contribution in [1.82, 2.24) is 30.3 Å². The van der Waals surface area contributed by atoms with Gasteiger partial charge in [0, 0.05) is 39.3 Å². The van der Waals surface area contributed by atoms with E-state index in [0.29, 0.717) is 0 Å². The second-order valence-electron chi connectivity index (χ2n) is 6.57. The molecule has 0 amide bonds. The monoisotopic (exact) mass is 335 g/mol. The molecule has 0 aromatic carbocycles. The zero-order valence-electron chi connectivity index (χ0n) is 15.2.